The highest BCUT2D eigenvalue weighted by Gasteiger charge is 2.35. The van der Waals surface area contributed by atoms with E-state index in [4.69, 9.17) is 10.5 Å². The van der Waals surface area contributed by atoms with Gasteiger partial charge in [0.25, 0.3) is 0 Å². The molecule has 0 bridgehead atoms. The molecule has 4 heteroatoms. The molecule has 1 saturated carbocycles. The van der Waals surface area contributed by atoms with Crippen molar-refractivity contribution in [2.45, 2.75) is 31.2 Å². The van der Waals surface area contributed by atoms with Crippen LogP contribution in [-0.4, -0.2) is 7.11 Å². The van der Waals surface area contributed by atoms with Crippen molar-refractivity contribution < 1.29 is 13.5 Å². The molecule has 1 aliphatic rings. The third-order valence-electron chi connectivity index (χ3n) is 3.29. The van der Waals surface area contributed by atoms with Gasteiger partial charge in [0.1, 0.15) is 0 Å². The first-order valence-corrected chi connectivity index (χ1v) is 5.40. The van der Waals surface area contributed by atoms with Crippen molar-refractivity contribution in [1.29, 1.82) is 0 Å². The number of halogens is 2. The number of methoxy groups -OCH3 is 1. The van der Waals surface area contributed by atoms with Gasteiger partial charge in [-0.05, 0) is 18.9 Å². The third-order valence-corrected chi connectivity index (χ3v) is 3.29. The predicted molar refractivity (Wildman–Crippen MR) is 57.2 cm³/mol. The number of rotatable bonds is 2. The molecule has 0 aliphatic heterocycles. The molecule has 2 nitrogen and oxygen atoms in total. The zero-order valence-corrected chi connectivity index (χ0v) is 9.22. The SMILES string of the molecule is COc1c(F)ccc(C2(N)CCCC2)c1F. The second-order valence-electron chi connectivity index (χ2n) is 4.31. The smallest absolute Gasteiger partial charge is 0.190 e. The number of ether oxygens (including phenoxy) is 1. The van der Waals surface area contributed by atoms with Gasteiger partial charge in [-0.3, -0.25) is 0 Å². The average Bonchev–Trinajstić information content (AvgIpc) is 2.66. The molecular formula is C12H15F2NO. The highest BCUT2D eigenvalue weighted by molar-refractivity contribution is 5.37. The van der Waals surface area contributed by atoms with Gasteiger partial charge in [-0.2, -0.15) is 0 Å². The first-order chi connectivity index (χ1) is 7.58. The second kappa shape index (κ2) is 4.01. The summed E-state index contributed by atoms with van der Waals surface area (Å²) in [5, 5.41) is 0. The highest BCUT2D eigenvalue weighted by atomic mass is 19.1. The Morgan fingerprint density at radius 3 is 2.44 bits per heavy atom. The Kier molecular flexibility index (Phi) is 2.84. The van der Waals surface area contributed by atoms with Crippen molar-refractivity contribution in [2.24, 2.45) is 5.73 Å². The fourth-order valence-electron chi connectivity index (χ4n) is 2.38. The molecule has 1 aromatic rings. The minimum atomic E-state index is -0.689. The second-order valence-corrected chi connectivity index (χ2v) is 4.31. The van der Waals surface area contributed by atoms with Crippen LogP contribution >= 0.6 is 0 Å². The molecule has 16 heavy (non-hydrogen) atoms. The molecule has 0 atom stereocenters. The Labute approximate surface area is 93.4 Å². The van der Waals surface area contributed by atoms with Crippen molar-refractivity contribution >= 4 is 0 Å². The summed E-state index contributed by atoms with van der Waals surface area (Å²) in [7, 11) is 1.25. The van der Waals surface area contributed by atoms with Crippen molar-refractivity contribution in [1.82, 2.24) is 0 Å². The van der Waals surface area contributed by atoms with E-state index < -0.39 is 17.2 Å². The van der Waals surface area contributed by atoms with E-state index in [0.29, 0.717) is 5.56 Å². The van der Waals surface area contributed by atoms with Crippen molar-refractivity contribution in [3.05, 3.63) is 29.3 Å². The van der Waals surface area contributed by atoms with Gasteiger partial charge in [-0.15, -0.1) is 0 Å². The monoisotopic (exact) mass is 227 g/mol. The summed E-state index contributed by atoms with van der Waals surface area (Å²) in [6.45, 7) is 0. The normalized spacial score (nSPS) is 18.8. The van der Waals surface area contributed by atoms with Gasteiger partial charge in [0.15, 0.2) is 17.4 Å². The lowest BCUT2D eigenvalue weighted by Gasteiger charge is -2.25. The maximum atomic E-state index is 14.0. The van der Waals surface area contributed by atoms with Crippen LogP contribution in [0.2, 0.25) is 0 Å². The summed E-state index contributed by atoms with van der Waals surface area (Å²) in [4.78, 5) is 0. The Balaban J connectivity index is 2.49. The van der Waals surface area contributed by atoms with E-state index in [9.17, 15) is 8.78 Å². The molecule has 2 rings (SSSR count). The van der Waals surface area contributed by atoms with Gasteiger partial charge >= 0.3 is 0 Å². The molecule has 1 aromatic carbocycles. The fourth-order valence-corrected chi connectivity index (χ4v) is 2.38. The summed E-state index contributed by atoms with van der Waals surface area (Å²) in [5.41, 5.74) is 5.84. The van der Waals surface area contributed by atoms with Crippen molar-refractivity contribution in [3.8, 4) is 5.75 Å². The van der Waals surface area contributed by atoms with Crippen LogP contribution in [0.5, 0.6) is 5.75 Å². The molecule has 0 saturated heterocycles. The van der Waals surface area contributed by atoms with Crippen LogP contribution in [-0.2, 0) is 5.54 Å². The number of nitrogens with two attached hydrogens (primary N) is 1. The summed E-state index contributed by atoms with van der Waals surface area (Å²) in [6, 6.07) is 2.64. The molecule has 0 amide bonds. The van der Waals surface area contributed by atoms with Crippen LogP contribution in [0.3, 0.4) is 0 Å². The van der Waals surface area contributed by atoms with Gasteiger partial charge in [0.2, 0.25) is 0 Å². The minimum absolute atomic E-state index is 0.339. The first kappa shape index (κ1) is 11.3. The zero-order valence-electron chi connectivity index (χ0n) is 9.22. The Morgan fingerprint density at radius 2 is 1.88 bits per heavy atom. The maximum absolute atomic E-state index is 14.0. The Bertz CT molecular complexity index is 400. The lowest BCUT2D eigenvalue weighted by molar-refractivity contribution is 0.346. The summed E-state index contributed by atoms with van der Waals surface area (Å²) < 4.78 is 31.9. The van der Waals surface area contributed by atoms with Gasteiger partial charge in [-0.1, -0.05) is 18.9 Å². The van der Waals surface area contributed by atoms with E-state index in [-0.39, 0.29) is 5.75 Å². The molecule has 1 fully saturated rings. The predicted octanol–water partition coefficient (Wildman–Crippen LogP) is 2.70. The molecule has 0 heterocycles. The summed E-state index contributed by atoms with van der Waals surface area (Å²) in [5.74, 6) is -1.69. The standard InChI is InChI=1S/C12H15F2NO/c1-16-11-9(13)5-4-8(10(11)14)12(15)6-2-3-7-12/h4-5H,2-3,6-7,15H2,1H3. The number of hydrogen-bond acceptors (Lipinski definition) is 2. The number of benzene rings is 1. The molecule has 0 spiro atoms. The minimum Gasteiger partial charge on any atom is -0.491 e. The summed E-state index contributed by atoms with van der Waals surface area (Å²) >= 11 is 0. The molecule has 88 valence electrons. The largest absolute Gasteiger partial charge is 0.491 e. The Hall–Kier alpha value is -1.16. The first-order valence-electron chi connectivity index (χ1n) is 5.40. The zero-order chi connectivity index (χ0) is 11.8. The highest BCUT2D eigenvalue weighted by Crippen LogP contribution is 2.39. The van der Waals surface area contributed by atoms with Crippen LogP contribution in [0, 0.1) is 11.6 Å². The van der Waals surface area contributed by atoms with Crippen LogP contribution in [0.15, 0.2) is 12.1 Å². The van der Waals surface area contributed by atoms with Crippen LogP contribution in [0.25, 0.3) is 0 Å². The average molecular weight is 227 g/mol. The van der Waals surface area contributed by atoms with E-state index in [1.807, 2.05) is 0 Å². The maximum Gasteiger partial charge on any atom is 0.190 e. The molecule has 0 radical (unpaired) electrons. The molecule has 0 aromatic heterocycles. The van der Waals surface area contributed by atoms with E-state index in [0.717, 1.165) is 25.7 Å². The van der Waals surface area contributed by atoms with Crippen molar-refractivity contribution in [3.63, 3.8) is 0 Å². The number of hydrogen-bond donors (Lipinski definition) is 1. The topological polar surface area (TPSA) is 35.2 Å². The van der Waals surface area contributed by atoms with Gasteiger partial charge in [0, 0.05) is 11.1 Å². The fraction of sp³-hybridized carbons (Fsp3) is 0.500. The quantitative estimate of drug-likeness (QED) is 0.843. The molecule has 0 unspecified atom stereocenters. The molecule has 1 aliphatic carbocycles. The van der Waals surface area contributed by atoms with E-state index in [2.05, 4.69) is 0 Å². The van der Waals surface area contributed by atoms with Crippen LogP contribution < -0.4 is 10.5 Å². The molecule has 2 N–H and O–H groups in total. The lowest BCUT2D eigenvalue weighted by atomic mass is 9.89. The molecular weight excluding hydrogens is 212 g/mol. The van der Waals surface area contributed by atoms with Gasteiger partial charge in [-0.25, -0.2) is 8.78 Å². The van der Waals surface area contributed by atoms with Crippen LogP contribution in [0.4, 0.5) is 8.78 Å². The lowest BCUT2D eigenvalue weighted by Crippen LogP contribution is -2.34. The third kappa shape index (κ3) is 1.67. The van der Waals surface area contributed by atoms with E-state index in [1.54, 1.807) is 0 Å². The van der Waals surface area contributed by atoms with Gasteiger partial charge < -0.3 is 10.5 Å². The van der Waals surface area contributed by atoms with E-state index in [1.165, 1.54) is 19.2 Å². The van der Waals surface area contributed by atoms with Crippen molar-refractivity contribution in [2.75, 3.05) is 7.11 Å². The van der Waals surface area contributed by atoms with Gasteiger partial charge in [0.05, 0.1) is 7.11 Å². The summed E-state index contributed by atoms with van der Waals surface area (Å²) in [6.07, 6.45) is 3.43. The van der Waals surface area contributed by atoms with E-state index >= 15 is 0 Å². The Morgan fingerprint density at radius 1 is 1.25 bits per heavy atom. The van der Waals surface area contributed by atoms with Crippen LogP contribution in [0.1, 0.15) is 31.2 Å².